The van der Waals surface area contributed by atoms with Crippen molar-refractivity contribution in [2.45, 2.75) is 19.4 Å². The molecule has 1 heterocycles. The molecular formula is C19H19FN4O3. The molecule has 0 unspecified atom stereocenters. The largest absolute Gasteiger partial charge is 0.333 e. The van der Waals surface area contributed by atoms with Crippen LogP contribution in [0.1, 0.15) is 13.3 Å². The van der Waals surface area contributed by atoms with Gasteiger partial charge in [0.05, 0.1) is 6.04 Å². The van der Waals surface area contributed by atoms with Gasteiger partial charge in [-0.1, -0.05) is 12.1 Å². The van der Waals surface area contributed by atoms with Gasteiger partial charge >= 0.3 is 6.03 Å². The van der Waals surface area contributed by atoms with Crippen LogP contribution >= 0.6 is 0 Å². The van der Waals surface area contributed by atoms with Gasteiger partial charge in [0.1, 0.15) is 5.82 Å². The van der Waals surface area contributed by atoms with Crippen molar-refractivity contribution >= 4 is 34.9 Å². The first kappa shape index (κ1) is 18.4. The van der Waals surface area contributed by atoms with Crippen LogP contribution in [0.4, 0.5) is 26.2 Å². The molecule has 0 saturated carbocycles. The molecule has 0 radical (unpaired) electrons. The fraction of sp³-hybridized carbons (Fsp3) is 0.211. The molecule has 140 valence electrons. The third-order valence-corrected chi connectivity index (χ3v) is 4.02. The Morgan fingerprint density at radius 1 is 1.07 bits per heavy atom. The van der Waals surface area contributed by atoms with Crippen LogP contribution in [0.15, 0.2) is 48.5 Å². The Labute approximate surface area is 155 Å². The number of amides is 4. The zero-order valence-electron chi connectivity index (χ0n) is 14.7. The van der Waals surface area contributed by atoms with Crippen molar-refractivity contribution < 1.29 is 18.8 Å². The number of urea groups is 1. The first-order valence-electron chi connectivity index (χ1n) is 8.42. The highest BCUT2D eigenvalue weighted by Gasteiger charge is 2.31. The number of nitrogens with one attached hydrogen (secondary N) is 3. The molecule has 3 N–H and O–H groups in total. The summed E-state index contributed by atoms with van der Waals surface area (Å²) in [5, 5.41) is 8.04. The number of halogens is 1. The van der Waals surface area contributed by atoms with Crippen molar-refractivity contribution in [1.29, 1.82) is 0 Å². The minimum absolute atomic E-state index is 0.135. The Bertz CT molecular complexity index is 887. The van der Waals surface area contributed by atoms with E-state index in [0.29, 0.717) is 17.1 Å². The summed E-state index contributed by atoms with van der Waals surface area (Å²) in [6.45, 7) is 1.66. The molecule has 0 spiro atoms. The van der Waals surface area contributed by atoms with Crippen molar-refractivity contribution in [3.63, 3.8) is 0 Å². The predicted octanol–water partition coefficient (Wildman–Crippen LogP) is 2.71. The van der Waals surface area contributed by atoms with Crippen molar-refractivity contribution in [1.82, 2.24) is 5.32 Å². The van der Waals surface area contributed by atoms with Gasteiger partial charge in [-0.3, -0.25) is 9.59 Å². The van der Waals surface area contributed by atoms with Crippen LogP contribution < -0.4 is 20.9 Å². The smallest absolute Gasteiger partial charge is 0.319 e. The molecule has 4 amide bonds. The van der Waals surface area contributed by atoms with Crippen molar-refractivity contribution in [2.24, 2.45) is 0 Å². The standard InChI is InChI=1S/C19H19FN4O3/c1-12(25)21-14-5-3-6-15(9-14)22-19(27)23-16-10-18(26)24(11-16)17-7-2-4-13(20)8-17/h2-9,16H,10-11H2,1H3,(H,21,25)(H2,22,23,27)/t16-/m1/s1. The van der Waals surface area contributed by atoms with Gasteiger partial charge in [0.15, 0.2) is 0 Å². The molecule has 2 aromatic rings. The van der Waals surface area contributed by atoms with E-state index in [4.69, 9.17) is 0 Å². The molecule has 8 heteroatoms. The highest BCUT2D eigenvalue weighted by atomic mass is 19.1. The van der Waals surface area contributed by atoms with Crippen LogP contribution in [-0.2, 0) is 9.59 Å². The Morgan fingerprint density at radius 2 is 1.78 bits per heavy atom. The number of benzene rings is 2. The van der Waals surface area contributed by atoms with E-state index in [9.17, 15) is 18.8 Å². The molecule has 27 heavy (non-hydrogen) atoms. The van der Waals surface area contributed by atoms with E-state index in [2.05, 4.69) is 16.0 Å². The van der Waals surface area contributed by atoms with Gasteiger partial charge < -0.3 is 20.9 Å². The molecular weight excluding hydrogens is 351 g/mol. The van der Waals surface area contributed by atoms with E-state index in [0.717, 1.165) is 0 Å². The van der Waals surface area contributed by atoms with Crippen LogP contribution in [0.3, 0.4) is 0 Å². The van der Waals surface area contributed by atoms with Crippen LogP contribution in [-0.4, -0.2) is 30.4 Å². The van der Waals surface area contributed by atoms with E-state index in [-0.39, 0.29) is 30.8 Å². The predicted molar refractivity (Wildman–Crippen MR) is 100 cm³/mol. The molecule has 1 aliphatic heterocycles. The zero-order chi connectivity index (χ0) is 19.4. The number of carbonyl (C=O) groups excluding carboxylic acids is 3. The summed E-state index contributed by atoms with van der Waals surface area (Å²) in [4.78, 5) is 36.9. The Morgan fingerprint density at radius 3 is 2.48 bits per heavy atom. The molecule has 1 fully saturated rings. The van der Waals surface area contributed by atoms with E-state index in [1.165, 1.54) is 30.0 Å². The second kappa shape index (κ2) is 7.86. The SMILES string of the molecule is CC(=O)Nc1cccc(NC(=O)N[C@@H]2CC(=O)N(c3cccc(F)c3)C2)c1. The fourth-order valence-corrected chi connectivity index (χ4v) is 2.93. The Kier molecular flexibility index (Phi) is 5.35. The molecule has 2 aromatic carbocycles. The van der Waals surface area contributed by atoms with Crippen LogP contribution in [0.2, 0.25) is 0 Å². The number of anilines is 3. The number of carbonyl (C=O) groups is 3. The maximum atomic E-state index is 13.4. The van der Waals surface area contributed by atoms with Gasteiger partial charge in [-0.25, -0.2) is 9.18 Å². The lowest BCUT2D eigenvalue weighted by Gasteiger charge is -2.17. The third-order valence-electron chi connectivity index (χ3n) is 4.02. The van der Waals surface area contributed by atoms with Crippen molar-refractivity contribution in [2.75, 3.05) is 22.1 Å². The molecule has 1 atom stereocenters. The molecule has 0 bridgehead atoms. The monoisotopic (exact) mass is 370 g/mol. The van der Waals surface area contributed by atoms with Gasteiger partial charge in [-0.2, -0.15) is 0 Å². The van der Waals surface area contributed by atoms with Crippen LogP contribution in [0.25, 0.3) is 0 Å². The topological polar surface area (TPSA) is 90.5 Å². The van der Waals surface area contributed by atoms with Crippen LogP contribution in [0.5, 0.6) is 0 Å². The lowest BCUT2D eigenvalue weighted by molar-refractivity contribution is -0.117. The fourth-order valence-electron chi connectivity index (χ4n) is 2.93. The Balaban J connectivity index is 1.59. The van der Waals surface area contributed by atoms with Crippen molar-refractivity contribution in [3.8, 4) is 0 Å². The van der Waals surface area contributed by atoms with Crippen LogP contribution in [0, 0.1) is 5.82 Å². The third kappa shape index (κ3) is 4.81. The van der Waals surface area contributed by atoms with Gasteiger partial charge in [0, 0.05) is 37.0 Å². The average Bonchev–Trinajstić information content (AvgIpc) is 2.94. The number of hydrogen-bond donors (Lipinski definition) is 3. The summed E-state index contributed by atoms with van der Waals surface area (Å²) in [5.74, 6) is -0.814. The number of hydrogen-bond acceptors (Lipinski definition) is 3. The first-order chi connectivity index (χ1) is 12.9. The zero-order valence-corrected chi connectivity index (χ0v) is 14.7. The molecule has 1 aliphatic rings. The summed E-state index contributed by atoms with van der Waals surface area (Å²) in [5.41, 5.74) is 1.53. The minimum atomic E-state index is -0.464. The van der Waals surface area contributed by atoms with Gasteiger partial charge in [0.2, 0.25) is 11.8 Å². The second-order valence-electron chi connectivity index (χ2n) is 6.25. The average molecular weight is 370 g/mol. The molecule has 0 aromatic heterocycles. The summed E-state index contributed by atoms with van der Waals surface area (Å²) in [6, 6.07) is 11.6. The molecule has 0 aliphatic carbocycles. The molecule has 3 rings (SSSR count). The van der Waals surface area contributed by atoms with E-state index >= 15 is 0 Å². The summed E-state index contributed by atoms with van der Waals surface area (Å²) >= 11 is 0. The maximum Gasteiger partial charge on any atom is 0.319 e. The van der Waals surface area contributed by atoms with E-state index in [1.54, 1.807) is 30.3 Å². The number of rotatable bonds is 4. The Hall–Kier alpha value is -3.42. The number of nitrogens with zero attached hydrogens (tertiary/aromatic N) is 1. The first-order valence-corrected chi connectivity index (χ1v) is 8.42. The summed E-state index contributed by atoms with van der Waals surface area (Å²) < 4.78 is 13.4. The second-order valence-corrected chi connectivity index (χ2v) is 6.25. The maximum absolute atomic E-state index is 13.4. The lowest BCUT2D eigenvalue weighted by Crippen LogP contribution is -2.39. The van der Waals surface area contributed by atoms with Gasteiger partial charge in [0.25, 0.3) is 0 Å². The lowest BCUT2D eigenvalue weighted by atomic mass is 10.2. The summed E-state index contributed by atoms with van der Waals surface area (Å²) in [7, 11) is 0. The van der Waals surface area contributed by atoms with E-state index < -0.39 is 11.8 Å². The normalized spacial score (nSPS) is 16.1. The van der Waals surface area contributed by atoms with Crippen molar-refractivity contribution in [3.05, 3.63) is 54.3 Å². The van der Waals surface area contributed by atoms with Gasteiger partial charge in [-0.15, -0.1) is 0 Å². The highest BCUT2D eigenvalue weighted by molar-refractivity contribution is 5.98. The van der Waals surface area contributed by atoms with E-state index in [1.807, 2.05) is 0 Å². The molecule has 1 saturated heterocycles. The molecule has 7 nitrogen and oxygen atoms in total. The minimum Gasteiger partial charge on any atom is -0.333 e. The quantitative estimate of drug-likeness (QED) is 0.773. The van der Waals surface area contributed by atoms with Gasteiger partial charge in [-0.05, 0) is 36.4 Å². The highest BCUT2D eigenvalue weighted by Crippen LogP contribution is 2.22. The summed E-state index contributed by atoms with van der Waals surface area (Å²) in [6.07, 6.45) is 0.135.